The van der Waals surface area contributed by atoms with Gasteiger partial charge in [-0.3, -0.25) is 9.89 Å². The third-order valence-corrected chi connectivity index (χ3v) is 2.81. The Labute approximate surface area is 106 Å². The van der Waals surface area contributed by atoms with Crippen molar-refractivity contribution >= 4 is 5.91 Å². The molecule has 0 bridgehead atoms. The average Bonchev–Trinajstić information content (AvgIpc) is 2.94. The fourth-order valence-corrected chi connectivity index (χ4v) is 1.75. The average molecular weight is 247 g/mol. The summed E-state index contributed by atoms with van der Waals surface area (Å²) in [6.45, 7) is 4.44. The minimum Gasteiger partial charge on any atom is -0.456 e. The first-order valence-electron chi connectivity index (χ1n) is 6.00. The van der Waals surface area contributed by atoms with Crippen LogP contribution >= 0.6 is 0 Å². The van der Waals surface area contributed by atoms with Crippen molar-refractivity contribution in [3.63, 3.8) is 0 Å². The summed E-state index contributed by atoms with van der Waals surface area (Å²) in [6, 6.07) is 3.47. The number of carbonyl (C=O) groups is 1. The van der Waals surface area contributed by atoms with E-state index in [1.54, 1.807) is 12.1 Å². The Hall–Kier alpha value is -2.04. The topological polar surface area (TPSA) is 70.9 Å². The molecule has 5 heteroatoms. The number of H-pyrrole nitrogens is 1. The van der Waals surface area contributed by atoms with E-state index in [-0.39, 0.29) is 5.91 Å². The molecule has 0 aliphatic carbocycles. The van der Waals surface area contributed by atoms with Crippen molar-refractivity contribution in [1.82, 2.24) is 15.5 Å². The van der Waals surface area contributed by atoms with Crippen molar-refractivity contribution in [1.29, 1.82) is 0 Å². The summed E-state index contributed by atoms with van der Waals surface area (Å²) in [5.41, 5.74) is 2.28. The lowest BCUT2D eigenvalue weighted by atomic mass is 10.1. The van der Waals surface area contributed by atoms with Gasteiger partial charge in [0.2, 0.25) is 0 Å². The first-order chi connectivity index (χ1) is 8.66. The van der Waals surface area contributed by atoms with Crippen LogP contribution in [-0.4, -0.2) is 22.6 Å². The highest BCUT2D eigenvalue weighted by molar-refractivity contribution is 5.91. The zero-order valence-electron chi connectivity index (χ0n) is 10.6. The van der Waals surface area contributed by atoms with Gasteiger partial charge in [-0.05, 0) is 44.4 Å². The summed E-state index contributed by atoms with van der Waals surface area (Å²) in [7, 11) is 0. The Balaban J connectivity index is 1.73. The predicted molar refractivity (Wildman–Crippen MR) is 67.4 cm³/mol. The van der Waals surface area contributed by atoms with Gasteiger partial charge in [-0.2, -0.15) is 5.10 Å². The molecule has 2 aromatic heterocycles. The maximum absolute atomic E-state index is 11.7. The number of rotatable bonds is 5. The van der Waals surface area contributed by atoms with Crippen LogP contribution in [-0.2, 0) is 6.42 Å². The molecular weight excluding hydrogens is 230 g/mol. The smallest absolute Gasteiger partial charge is 0.286 e. The molecule has 1 amide bonds. The second kappa shape index (κ2) is 5.53. The molecule has 2 N–H and O–H groups in total. The Morgan fingerprint density at radius 2 is 2.28 bits per heavy atom. The summed E-state index contributed by atoms with van der Waals surface area (Å²) in [4.78, 5) is 11.7. The SMILES string of the molecule is Cc1ccc(C(=O)NCCCc2cn[nH]c2C)o1. The van der Waals surface area contributed by atoms with Crippen molar-refractivity contribution in [2.24, 2.45) is 0 Å². The van der Waals surface area contributed by atoms with E-state index in [2.05, 4.69) is 15.5 Å². The third kappa shape index (κ3) is 3.00. The van der Waals surface area contributed by atoms with Crippen LogP contribution in [0.5, 0.6) is 0 Å². The lowest BCUT2D eigenvalue weighted by Crippen LogP contribution is -2.24. The number of hydrogen-bond donors (Lipinski definition) is 2. The second-order valence-electron chi connectivity index (χ2n) is 4.29. The van der Waals surface area contributed by atoms with Crippen LogP contribution in [0.3, 0.4) is 0 Å². The van der Waals surface area contributed by atoms with E-state index >= 15 is 0 Å². The predicted octanol–water partition coefficient (Wildman–Crippen LogP) is 1.98. The first-order valence-corrected chi connectivity index (χ1v) is 6.00. The maximum atomic E-state index is 11.7. The number of aromatic nitrogens is 2. The summed E-state index contributed by atoms with van der Waals surface area (Å²) in [6.07, 6.45) is 3.61. The molecule has 2 rings (SSSR count). The van der Waals surface area contributed by atoms with Gasteiger partial charge in [0.25, 0.3) is 5.91 Å². The van der Waals surface area contributed by atoms with Crippen molar-refractivity contribution < 1.29 is 9.21 Å². The van der Waals surface area contributed by atoms with E-state index in [0.717, 1.165) is 24.3 Å². The largest absolute Gasteiger partial charge is 0.456 e. The van der Waals surface area contributed by atoms with Crippen LogP contribution in [0.25, 0.3) is 0 Å². The van der Waals surface area contributed by atoms with Gasteiger partial charge in [-0.15, -0.1) is 0 Å². The molecule has 0 aliphatic rings. The van der Waals surface area contributed by atoms with Crippen molar-refractivity contribution in [2.75, 3.05) is 6.54 Å². The molecule has 0 unspecified atom stereocenters. The quantitative estimate of drug-likeness (QED) is 0.794. The number of nitrogens with one attached hydrogen (secondary N) is 2. The number of carbonyl (C=O) groups excluding carboxylic acids is 1. The monoisotopic (exact) mass is 247 g/mol. The molecule has 0 aromatic carbocycles. The maximum Gasteiger partial charge on any atom is 0.286 e. The van der Waals surface area contributed by atoms with Crippen molar-refractivity contribution in [3.05, 3.63) is 41.1 Å². The molecule has 2 aromatic rings. The molecule has 0 atom stereocenters. The van der Waals surface area contributed by atoms with Gasteiger partial charge in [0.15, 0.2) is 5.76 Å². The van der Waals surface area contributed by atoms with Crippen LogP contribution < -0.4 is 5.32 Å². The highest BCUT2D eigenvalue weighted by Crippen LogP contribution is 2.07. The van der Waals surface area contributed by atoms with Crippen molar-refractivity contribution in [3.8, 4) is 0 Å². The summed E-state index contributed by atoms with van der Waals surface area (Å²) in [5.74, 6) is 0.952. The zero-order valence-corrected chi connectivity index (χ0v) is 10.6. The number of furan rings is 1. The van der Waals surface area contributed by atoms with Gasteiger partial charge < -0.3 is 9.73 Å². The standard InChI is InChI=1S/C13H17N3O2/c1-9-5-6-12(18-9)13(17)14-7-3-4-11-8-15-16-10(11)2/h5-6,8H,3-4,7H2,1-2H3,(H,14,17)(H,15,16). The Kier molecular flexibility index (Phi) is 3.82. The molecule has 0 radical (unpaired) electrons. The Bertz CT molecular complexity index is 528. The third-order valence-electron chi connectivity index (χ3n) is 2.81. The van der Waals surface area contributed by atoms with E-state index in [4.69, 9.17) is 4.42 Å². The van der Waals surface area contributed by atoms with E-state index in [1.165, 1.54) is 5.56 Å². The molecule has 0 spiro atoms. The van der Waals surface area contributed by atoms with Crippen LogP contribution in [0.15, 0.2) is 22.7 Å². The van der Waals surface area contributed by atoms with E-state index in [9.17, 15) is 4.79 Å². The molecule has 18 heavy (non-hydrogen) atoms. The van der Waals surface area contributed by atoms with Gasteiger partial charge in [0, 0.05) is 12.2 Å². The molecule has 0 fully saturated rings. The molecule has 0 saturated carbocycles. The van der Waals surface area contributed by atoms with Crippen molar-refractivity contribution in [2.45, 2.75) is 26.7 Å². The summed E-state index contributed by atoms with van der Waals surface area (Å²) >= 11 is 0. The van der Waals surface area contributed by atoms with Gasteiger partial charge in [0.05, 0.1) is 6.20 Å². The number of nitrogens with zero attached hydrogens (tertiary/aromatic N) is 1. The number of hydrogen-bond acceptors (Lipinski definition) is 3. The molecule has 0 aliphatic heterocycles. The molecule has 2 heterocycles. The number of aromatic amines is 1. The summed E-state index contributed by atoms with van der Waals surface area (Å²) in [5, 5.41) is 9.68. The fraction of sp³-hybridized carbons (Fsp3) is 0.385. The lowest BCUT2D eigenvalue weighted by molar-refractivity contribution is 0.0924. The first kappa shape index (κ1) is 12.4. The normalized spacial score (nSPS) is 10.6. The van der Waals surface area contributed by atoms with Crippen LogP contribution in [0.2, 0.25) is 0 Å². The van der Waals surface area contributed by atoms with Gasteiger partial charge in [-0.1, -0.05) is 0 Å². The Morgan fingerprint density at radius 1 is 1.44 bits per heavy atom. The van der Waals surface area contributed by atoms with Gasteiger partial charge >= 0.3 is 0 Å². The zero-order chi connectivity index (χ0) is 13.0. The van der Waals surface area contributed by atoms with Crippen LogP contribution in [0.1, 0.15) is 34.0 Å². The van der Waals surface area contributed by atoms with E-state index < -0.39 is 0 Å². The Morgan fingerprint density at radius 3 is 2.89 bits per heavy atom. The van der Waals surface area contributed by atoms with Gasteiger partial charge in [0.1, 0.15) is 5.76 Å². The van der Waals surface area contributed by atoms with E-state index in [0.29, 0.717) is 12.3 Å². The number of amides is 1. The van der Waals surface area contributed by atoms with E-state index in [1.807, 2.05) is 20.0 Å². The minimum atomic E-state index is -0.160. The fourth-order valence-electron chi connectivity index (χ4n) is 1.75. The highest BCUT2D eigenvalue weighted by atomic mass is 16.3. The van der Waals surface area contributed by atoms with Gasteiger partial charge in [-0.25, -0.2) is 0 Å². The molecule has 0 saturated heterocycles. The summed E-state index contributed by atoms with van der Waals surface area (Å²) < 4.78 is 5.24. The van der Waals surface area contributed by atoms with Crippen LogP contribution in [0, 0.1) is 13.8 Å². The lowest BCUT2D eigenvalue weighted by Gasteiger charge is -2.02. The second-order valence-corrected chi connectivity index (χ2v) is 4.29. The minimum absolute atomic E-state index is 0.160. The highest BCUT2D eigenvalue weighted by Gasteiger charge is 2.08. The molecular formula is C13H17N3O2. The molecule has 5 nitrogen and oxygen atoms in total. The molecule has 96 valence electrons. The van der Waals surface area contributed by atoms with Crippen LogP contribution in [0.4, 0.5) is 0 Å². The number of aryl methyl sites for hydroxylation is 3.